The lowest BCUT2D eigenvalue weighted by Gasteiger charge is -2.12. The molecule has 6 nitrogen and oxygen atoms in total. The minimum Gasteiger partial charge on any atom is -0.496 e. The minimum absolute atomic E-state index is 0.216. The largest absolute Gasteiger partial charge is 0.496 e. The lowest BCUT2D eigenvalue weighted by atomic mass is 10.2. The maximum Gasteiger partial charge on any atom is 0.416 e. The average Bonchev–Trinajstić information content (AvgIpc) is 3.23. The third kappa shape index (κ3) is 4.85. The number of nitrogens with one attached hydrogen (secondary N) is 1. The number of alkyl halides is 3. The van der Waals surface area contributed by atoms with E-state index in [9.17, 15) is 23.1 Å². The molecule has 0 fully saturated rings. The van der Waals surface area contributed by atoms with Gasteiger partial charge >= 0.3 is 18.1 Å². The van der Waals surface area contributed by atoms with Crippen molar-refractivity contribution in [3.63, 3.8) is 0 Å². The zero-order valence-corrected chi connectivity index (χ0v) is 19.6. The maximum absolute atomic E-state index is 13.1. The van der Waals surface area contributed by atoms with Crippen LogP contribution in [0.4, 0.5) is 13.2 Å². The normalized spacial score (nSPS) is 11.7. The van der Waals surface area contributed by atoms with Gasteiger partial charge in [0, 0.05) is 16.5 Å². The Morgan fingerprint density at radius 2 is 1.97 bits per heavy atom. The van der Waals surface area contributed by atoms with E-state index in [4.69, 9.17) is 4.74 Å². The van der Waals surface area contributed by atoms with E-state index in [1.165, 1.54) is 27.7 Å². The number of carboxylic acids is 1. The van der Waals surface area contributed by atoms with Crippen molar-refractivity contribution >= 4 is 38.6 Å². The molecule has 4 rings (SSSR count). The zero-order chi connectivity index (χ0) is 24.5. The average molecular weight is 507 g/mol. The number of pyridine rings is 1. The van der Waals surface area contributed by atoms with Crippen LogP contribution >= 0.6 is 21.6 Å². The van der Waals surface area contributed by atoms with E-state index in [0.717, 1.165) is 23.4 Å². The molecule has 176 valence electrons. The van der Waals surface area contributed by atoms with Crippen LogP contribution in [0, 0.1) is 6.92 Å². The summed E-state index contributed by atoms with van der Waals surface area (Å²) in [6.45, 7) is 1.88. The number of aromatic amines is 1. The fourth-order valence-corrected chi connectivity index (χ4v) is 5.79. The SMILES string of the molecule is COc1cc[n+](-c2nc3ccc(C(F)(F)F)cc3[nH]2)c(CSSc2ccccc2C(=O)O)c1C. The highest BCUT2D eigenvalue weighted by atomic mass is 33.1. The summed E-state index contributed by atoms with van der Waals surface area (Å²) in [5.74, 6) is 0.466. The molecule has 0 amide bonds. The topological polar surface area (TPSA) is 79.1 Å². The standard InChI is InChI=1S/C23H18F3N3O3S2/c1-13-18(12-33-34-20-6-4-3-5-15(20)21(30)31)29(10-9-19(13)32-2)22-27-16-8-7-14(23(24,25)26)11-17(16)28-22/h3-11H,12H2,1-2H3,(H-,27,28,30,31)/p+1. The number of carbonyl (C=O) groups is 1. The third-order valence-electron chi connectivity index (χ3n) is 5.17. The lowest BCUT2D eigenvalue weighted by Crippen LogP contribution is -2.37. The Morgan fingerprint density at radius 1 is 1.21 bits per heavy atom. The number of hydrogen-bond donors (Lipinski definition) is 2. The Morgan fingerprint density at radius 3 is 2.68 bits per heavy atom. The van der Waals surface area contributed by atoms with Gasteiger partial charge in [0.2, 0.25) is 0 Å². The molecule has 0 unspecified atom stereocenters. The zero-order valence-electron chi connectivity index (χ0n) is 18.0. The van der Waals surface area contributed by atoms with Crippen LogP contribution in [0.3, 0.4) is 0 Å². The first-order chi connectivity index (χ1) is 16.2. The Bertz CT molecular complexity index is 1370. The molecule has 2 N–H and O–H groups in total. The Labute approximate surface area is 200 Å². The molecule has 0 saturated heterocycles. The molecule has 11 heteroatoms. The highest BCUT2D eigenvalue weighted by Crippen LogP contribution is 2.37. The molecule has 0 atom stereocenters. The molecule has 0 aliphatic rings. The van der Waals surface area contributed by atoms with E-state index in [1.54, 1.807) is 48.2 Å². The van der Waals surface area contributed by atoms with Crippen molar-refractivity contribution in [2.24, 2.45) is 0 Å². The molecule has 34 heavy (non-hydrogen) atoms. The number of imidazole rings is 1. The van der Waals surface area contributed by atoms with E-state index in [0.29, 0.717) is 27.9 Å². The van der Waals surface area contributed by atoms with Crippen LogP contribution in [-0.4, -0.2) is 28.2 Å². The smallest absolute Gasteiger partial charge is 0.416 e. The fraction of sp³-hybridized carbons (Fsp3) is 0.174. The second kappa shape index (κ2) is 9.59. The van der Waals surface area contributed by atoms with Crippen LogP contribution < -0.4 is 9.30 Å². The van der Waals surface area contributed by atoms with Crippen LogP contribution in [0.2, 0.25) is 0 Å². The van der Waals surface area contributed by atoms with Gasteiger partial charge in [-0.15, -0.1) is 0 Å². The first-order valence-corrected chi connectivity index (χ1v) is 12.3. The quantitative estimate of drug-likeness (QED) is 0.243. The predicted molar refractivity (Wildman–Crippen MR) is 124 cm³/mol. The van der Waals surface area contributed by atoms with Gasteiger partial charge in [-0.1, -0.05) is 38.7 Å². The highest BCUT2D eigenvalue weighted by molar-refractivity contribution is 8.76. The van der Waals surface area contributed by atoms with Crippen molar-refractivity contribution < 1.29 is 32.4 Å². The van der Waals surface area contributed by atoms with E-state index >= 15 is 0 Å². The van der Waals surface area contributed by atoms with E-state index < -0.39 is 17.7 Å². The number of fused-ring (bicyclic) bond motifs is 1. The van der Waals surface area contributed by atoms with Crippen LogP contribution in [-0.2, 0) is 11.9 Å². The van der Waals surface area contributed by atoms with Gasteiger partial charge in [-0.3, -0.25) is 0 Å². The number of aromatic nitrogens is 3. The van der Waals surface area contributed by atoms with Gasteiger partial charge in [-0.25, -0.2) is 14.3 Å². The van der Waals surface area contributed by atoms with Crippen LogP contribution in [0.25, 0.3) is 17.0 Å². The van der Waals surface area contributed by atoms with Crippen LogP contribution in [0.5, 0.6) is 5.75 Å². The van der Waals surface area contributed by atoms with E-state index in [1.807, 2.05) is 6.92 Å². The molecule has 0 radical (unpaired) electrons. The number of aromatic carboxylic acids is 1. The molecule has 0 saturated carbocycles. The lowest BCUT2D eigenvalue weighted by molar-refractivity contribution is -0.610. The van der Waals surface area contributed by atoms with Gasteiger partial charge < -0.3 is 9.84 Å². The summed E-state index contributed by atoms with van der Waals surface area (Å²) in [6, 6.07) is 11.9. The molecule has 0 bridgehead atoms. The molecular formula is C23H19F3N3O3S2+. The molecular weight excluding hydrogens is 487 g/mol. The number of carboxylic acid groups (broad SMARTS) is 1. The predicted octanol–water partition coefficient (Wildman–Crippen LogP) is 5.81. The first-order valence-electron chi connectivity index (χ1n) is 9.96. The van der Waals surface area contributed by atoms with Gasteiger partial charge in [0.05, 0.1) is 30.2 Å². The van der Waals surface area contributed by atoms with Gasteiger partial charge in [-0.05, 0) is 37.3 Å². The number of halogens is 3. The van der Waals surface area contributed by atoms with Crippen molar-refractivity contribution in [3.8, 4) is 11.7 Å². The number of ether oxygens (including phenoxy) is 1. The molecule has 0 aliphatic heterocycles. The summed E-state index contributed by atoms with van der Waals surface area (Å²) in [6.07, 6.45) is -2.71. The minimum atomic E-state index is -4.45. The molecule has 0 spiro atoms. The Hall–Kier alpha value is -3.18. The second-order valence-electron chi connectivity index (χ2n) is 7.26. The number of H-pyrrole nitrogens is 1. The van der Waals surface area contributed by atoms with Crippen molar-refractivity contribution in [2.75, 3.05) is 7.11 Å². The summed E-state index contributed by atoms with van der Waals surface area (Å²) < 4.78 is 46.5. The summed E-state index contributed by atoms with van der Waals surface area (Å²) >= 11 is 0. The van der Waals surface area contributed by atoms with Crippen molar-refractivity contribution in [2.45, 2.75) is 23.7 Å². The first kappa shape index (κ1) is 24.0. The van der Waals surface area contributed by atoms with Gasteiger partial charge in [0.1, 0.15) is 17.0 Å². The number of methoxy groups -OCH3 is 1. The van der Waals surface area contributed by atoms with Gasteiger partial charge in [0.15, 0.2) is 5.52 Å². The summed E-state index contributed by atoms with van der Waals surface area (Å²) in [7, 11) is 4.32. The molecule has 2 aromatic carbocycles. The van der Waals surface area contributed by atoms with Crippen molar-refractivity contribution in [3.05, 3.63) is 77.1 Å². The number of hydrogen-bond acceptors (Lipinski definition) is 5. The number of benzene rings is 2. The third-order valence-corrected chi connectivity index (χ3v) is 7.47. The van der Waals surface area contributed by atoms with Crippen LogP contribution in [0.15, 0.2) is 59.6 Å². The summed E-state index contributed by atoms with van der Waals surface area (Å²) in [5.41, 5.74) is 1.78. The Kier molecular flexibility index (Phi) is 6.76. The van der Waals surface area contributed by atoms with Crippen molar-refractivity contribution in [1.82, 2.24) is 9.97 Å². The number of nitrogens with zero attached hydrogens (tertiary/aromatic N) is 2. The maximum atomic E-state index is 13.1. The second-order valence-corrected chi connectivity index (χ2v) is 9.60. The monoisotopic (exact) mass is 506 g/mol. The van der Waals surface area contributed by atoms with Gasteiger partial charge in [0.25, 0.3) is 0 Å². The van der Waals surface area contributed by atoms with Gasteiger partial charge in [-0.2, -0.15) is 13.2 Å². The fourth-order valence-electron chi connectivity index (χ4n) is 3.43. The summed E-state index contributed by atoms with van der Waals surface area (Å²) in [5, 5.41) is 9.40. The molecule has 0 aliphatic carbocycles. The van der Waals surface area contributed by atoms with E-state index in [2.05, 4.69) is 9.97 Å². The number of rotatable bonds is 7. The molecule has 4 aromatic rings. The van der Waals surface area contributed by atoms with E-state index in [-0.39, 0.29) is 11.1 Å². The molecule has 2 aromatic heterocycles. The molecule has 2 heterocycles. The Balaban J connectivity index is 1.68. The van der Waals surface area contributed by atoms with Crippen molar-refractivity contribution in [1.29, 1.82) is 0 Å². The highest BCUT2D eigenvalue weighted by Gasteiger charge is 2.32. The van der Waals surface area contributed by atoms with Crippen LogP contribution in [0.1, 0.15) is 27.2 Å². The summed E-state index contributed by atoms with van der Waals surface area (Å²) in [4.78, 5) is 19.5.